The highest BCUT2D eigenvalue weighted by Crippen LogP contribution is 2.31. The number of anilines is 2. The topological polar surface area (TPSA) is 92.9 Å². The third kappa shape index (κ3) is 2.52. The Kier molecular flexibility index (Phi) is 3.04. The van der Waals surface area contributed by atoms with Crippen LogP contribution in [0.15, 0.2) is 23.8 Å². The molecule has 1 aliphatic rings. The summed E-state index contributed by atoms with van der Waals surface area (Å²) in [4.78, 5) is 19.3. The lowest BCUT2D eigenvalue weighted by Crippen LogP contribution is -2.06. The standard InChI is InChI=1S/C14H13N5O2S/c20-14(21)13-17-10-3-4-22-11(10)12(18-13)16-9-5-15-19(7-9)6-8-1-2-8/h3-5,7-8H,1-2,6H2,(H,20,21)(H,16,17,18). The molecule has 0 radical (unpaired) electrons. The first-order valence-corrected chi connectivity index (χ1v) is 7.85. The van der Waals surface area contributed by atoms with Crippen LogP contribution in [0.2, 0.25) is 0 Å². The van der Waals surface area contributed by atoms with E-state index in [1.54, 1.807) is 12.3 Å². The molecule has 0 spiro atoms. The van der Waals surface area contributed by atoms with Crippen LogP contribution in [-0.2, 0) is 6.54 Å². The predicted molar refractivity (Wildman–Crippen MR) is 82.6 cm³/mol. The SMILES string of the molecule is O=C(O)c1nc(Nc2cnn(CC3CC3)c2)c2sccc2n1. The normalized spacial score (nSPS) is 14.4. The molecule has 0 aromatic carbocycles. The molecule has 2 N–H and O–H groups in total. The van der Waals surface area contributed by atoms with Gasteiger partial charge in [0.2, 0.25) is 5.82 Å². The van der Waals surface area contributed by atoms with Gasteiger partial charge in [-0.15, -0.1) is 11.3 Å². The summed E-state index contributed by atoms with van der Waals surface area (Å²) >= 11 is 1.47. The van der Waals surface area contributed by atoms with E-state index in [-0.39, 0.29) is 5.82 Å². The second kappa shape index (κ2) is 5.06. The number of hydrogen-bond acceptors (Lipinski definition) is 6. The van der Waals surface area contributed by atoms with Crippen molar-refractivity contribution in [2.45, 2.75) is 19.4 Å². The van der Waals surface area contributed by atoms with Crippen molar-refractivity contribution < 1.29 is 9.90 Å². The van der Waals surface area contributed by atoms with Crippen molar-refractivity contribution in [2.24, 2.45) is 5.92 Å². The van der Waals surface area contributed by atoms with E-state index < -0.39 is 5.97 Å². The highest BCUT2D eigenvalue weighted by molar-refractivity contribution is 7.17. The van der Waals surface area contributed by atoms with Gasteiger partial charge in [0.1, 0.15) is 0 Å². The van der Waals surface area contributed by atoms with Crippen molar-refractivity contribution >= 4 is 39.0 Å². The summed E-state index contributed by atoms with van der Waals surface area (Å²) < 4.78 is 2.74. The number of rotatable bonds is 5. The zero-order valence-corrected chi connectivity index (χ0v) is 12.4. The average Bonchev–Trinajstić information content (AvgIpc) is 2.99. The largest absolute Gasteiger partial charge is 0.475 e. The molecule has 3 heterocycles. The first kappa shape index (κ1) is 13.2. The number of carbonyl (C=O) groups is 1. The molecule has 0 unspecified atom stereocenters. The van der Waals surface area contributed by atoms with Gasteiger partial charge in [0.05, 0.1) is 22.1 Å². The molecule has 0 aliphatic heterocycles. The molecule has 1 fully saturated rings. The van der Waals surface area contributed by atoms with Crippen LogP contribution in [0.3, 0.4) is 0 Å². The minimum atomic E-state index is -1.14. The highest BCUT2D eigenvalue weighted by Gasteiger charge is 2.22. The average molecular weight is 315 g/mol. The van der Waals surface area contributed by atoms with Crippen molar-refractivity contribution in [3.63, 3.8) is 0 Å². The molecule has 0 bridgehead atoms. The van der Waals surface area contributed by atoms with Crippen molar-refractivity contribution in [3.05, 3.63) is 29.7 Å². The van der Waals surface area contributed by atoms with Crippen LogP contribution in [0.4, 0.5) is 11.5 Å². The zero-order valence-electron chi connectivity index (χ0n) is 11.6. The van der Waals surface area contributed by atoms with Crippen LogP contribution in [0.5, 0.6) is 0 Å². The molecule has 22 heavy (non-hydrogen) atoms. The number of aromatic carboxylic acids is 1. The zero-order chi connectivity index (χ0) is 15.1. The second-order valence-electron chi connectivity index (χ2n) is 5.36. The molecular weight excluding hydrogens is 302 g/mol. The molecule has 112 valence electrons. The Morgan fingerprint density at radius 1 is 1.45 bits per heavy atom. The van der Waals surface area contributed by atoms with Crippen molar-refractivity contribution in [3.8, 4) is 0 Å². The van der Waals surface area contributed by atoms with Gasteiger partial charge in [0, 0.05) is 12.7 Å². The lowest BCUT2D eigenvalue weighted by Gasteiger charge is -2.05. The number of nitrogens with one attached hydrogen (secondary N) is 1. The van der Waals surface area contributed by atoms with E-state index in [0.717, 1.165) is 22.8 Å². The molecule has 7 nitrogen and oxygen atoms in total. The van der Waals surface area contributed by atoms with E-state index in [1.807, 2.05) is 16.3 Å². The van der Waals surface area contributed by atoms with E-state index in [1.165, 1.54) is 24.2 Å². The Morgan fingerprint density at radius 2 is 2.32 bits per heavy atom. The maximum absolute atomic E-state index is 11.1. The maximum Gasteiger partial charge on any atom is 0.374 e. The van der Waals surface area contributed by atoms with E-state index in [4.69, 9.17) is 5.11 Å². The third-order valence-corrected chi connectivity index (χ3v) is 4.44. The fourth-order valence-electron chi connectivity index (χ4n) is 2.27. The van der Waals surface area contributed by atoms with Gasteiger partial charge in [-0.1, -0.05) is 0 Å². The summed E-state index contributed by atoms with van der Waals surface area (Å²) in [6.07, 6.45) is 6.18. The fourth-order valence-corrected chi connectivity index (χ4v) is 3.05. The van der Waals surface area contributed by atoms with Crippen LogP contribution in [0, 0.1) is 5.92 Å². The van der Waals surface area contributed by atoms with Gasteiger partial charge in [-0.25, -0.2) is 14.8 Å². The van der Waals surface area contributed by atoms with E-state index in [2.05, 4.69) is 20.4 Å². The number of hydrogen-bond donors (Lipinski definition) is 2. The Labute approximate surface area is 129 Å². The number of thiophene rings is 1. The van der Waals surface area contributed by atoms with E-state index in [9.17, 15) is 4.79 Å². The first-order valence-electron chi connectivity index (χ1n) is 6.97. The lowest BCUT2D eigenvalue weighted by atomic mass is 10.4. The summed E-state index contributed by atoms with van der Waals surface area (Å²) in [5.41, 5.74) is 1.43. The van der Waals surface area contributed by atoms with Gasteiger partial charge in [0.15, 0.2) is 5.82 Å². The summed E-state index contributed by atoms with van der Waals surface area (Å²) in [5.74, 6) is -0.0999. The van der Waals surface area contributed by atoms with Crippen LogP contribution in [-0.4, -0.2) is 30.8 Å². The Balaban J connectivity index is 1.66. The molecule has 8 heteroatoms. The van der Waals surface area contributed by atoms with E-state index in [0.29, 0.717) is 11.3 Å². The molecule has 0 saturated heterocycles. The Hall–Kier alpha value is -2.48. The molecule has 3 aromatic heterocycles. The fraction of sp³-hybridized carbons (Fsp3) is 0.286. The summed E-state index contributed by atoms with van der Waals surface area (Å²) in [7, 11) is 0. The number of nitrogens with zero attached hydrogens (tertiary/aromatic N) is 4. The molecular formula is C14H13N5O2S. The lowest BCUT2D eigenvalue weighted by molar-refractivity contribution is 0.0684. The Morgan fingerprint density at radius 3 is 3.09 bits per heavy atom. The molecule has 4 rings (SSSR count). The summed E-state index contributed by atoms with van der Waals surface area (Å²) in [5, 5.41) is 18.5. The van der Waals surface area contributed by atoms with Gasteiger partial charge >= 0.3 is 5.97 Å². The third-order valence-electron chi connectivity index (χ3n) is 3.53. The van der Waals surface area contributed by atoms with Gasteiger partial charge in [0.25, 0.3) is 0 Å². The molecule has 3 aromatic rings. The molecule has 0 atom stereocenters. The quantitative estimate of drug-likeness (QED) is 0.752. The van der Waals surface area contributed by atoms with Crippen LogP contribution in [0.25, 0.3) is 10.2 Å². The molecule has 1 aliphatic carbocycles. The van der Waals surface area contributed by atoms with Gasteiger partial charge in [-0.2, -0.15) is 5.10 Å². The summed E-state index contributed by atoms with van der Waals surface area (Å²) in [6, 6.07) is 1.79. The van der Waals surface area contributed by atoms with Gasteiger partial charge in [-0.05, 0) is 30.2 Å². The van der Waals surface area contributed by atoms with Crippen molar-refractivity contribution in [1.29, 1.82) is 0 Å². The monoisotopic (exact) mass is 315 g/mol. The maximum atomic E-state index is 11.1. The van der Waals surface area contributed by atoms with Crippen molar-refractivity contribution in [2.75, 3.05) is 5.32 Å². The highest BCUT2D eigenvalue weighted by atomic mass is 32.1. The smallest absolute Gasteiger partial charge is 0.374 e. The minimum absolute atomic E-state index is 0.209. The van der Waals surface area contributed by atoms with Gasteiger partial charge < -0.3 is 10.4 Å². The number of carboxylic acid groups (broad SMARTS) is 1. The minimum Gasteiger partial charge on any atom is -0.475 e. The number of aromatic nitrogens is 4. The van der Waals surface area contributed by atoms with Crippen LogP contribution < -0.4 is 5.32 Å². The summed E-state index contributed by atoms with van der Waals surface area (Å²) in [6.45, 7) is 0.931. The molecule has 1 saturated carbocycles. The van der Waals surface area contributed by atoms with Crippen LogP contribution in [0.1, 0.15) is 23.5 Å². The molecule has 0 amide bonds. The van der Waals surface area contributed by atoms with E-state index >= 15 is 0 Å². The predicted octanol–water partition coefficient (Wildman–Crippen LogP) is 2.74. The second-order valence-corrected chi connectivity index (χ2v) is 6.27. The number of fused-ring (bicyclic) bond motifs is 1. The van der Waals surface area contributed by atoms with Crippen LogP contribution >= 0.6 is 11.3 Å². The Bertz CT molecular complexity index is 852. The van der Waals surface area contributed by atoms with Gasteiger partial charge in [-0.3, -0.25) is 4.68 Å². The first-order chi connectivity index (χ1) is 10.7. The number of carboxylic acids is 1. The van der Waals surface area contributed by atoms with Crippen molar-refractivity contribution in [1.82, 2.24) is 19.7 Å².